The molecule has 296 valence electrons. The number of aromatic nitrogens is 2. The van der Waals surface area contributed by atoms with Crippen LogP contribution >= 0.6 is 15.2 Å². The third-order valence-corrected chi connectivity index (χ3v) is 11.7. The van der Waals surface area contributed by atoms with Crippen LogP contribution < -0.4 is 24.7 Å². The predicted octanol–water partition coefficient (Wildman–Crippen LogP) is -0.629. The molecule has 19 nitrogen and oxygen atoms in total. The number of hydrogen-bond acceptors (Lipinski definition) is 11. The summed E-state index contributed by atoms with van der Waals surface area (Å²) in [6, 6.07) is 10.3. The number of amides is 2. The van der Waals surface area contributed by atoms with Gasteiger partial charge in [0.15, 0.2) is 12.4 Å². The number of benzene rings is 2. The predicted molar refractivity (Wildman–Crippen MR) is 183 cm³/mol. The van der Waals surface area contributed by atoms with Gasteiger partial charge in [-0.1, -0.05) is 12.1 Å². The maximum atomic E-state index is 13.3. The van der Waals surface area contributed by atoms with E-state index in [0.717, 1.165) is 10.9 Å². The molecule has 2 atom stereocenters. The fraction of sp³-hybridized carbons (Fsp3) is 0.438. The lowest BCUT2D eigenvalue weighted by atomic mass is 9.89. The molecule has 2 aromatic carbocycles. The topological polar surface area (TPSA) is 277 Å². The first-order valence-electron chi connectivity index (χ1n) is 16.4. The van der Waals surface area contributed by atoms with Gasteiger partial charge in [-0.25, -0.2) is 13.5 Å². The lowest BCUT2D eigenvalue weighted by molar-refractivity contribution is -0.703. The highest BCUT2D eigenvalue weighted by atomic mass is 31.2. The third-order valence-electron chi connectivity index (χ3n) is 8.03. The van der Waals surface area contributed by atoms with E-state index in [1.54, 1.807) is 24.3 Å². The molecule has 0 bridgehead atoms. The van der Waals surface area contributed by atoms with Gasteiger partial charge in [0.1, 0.15) is 55.5 Å². The average Bonchev–Trinajstić information content (AvgIpc) is 3.54. The molecule has 2 unspecified atom stereocenters. The van der Waals surface area contributed by atoms with Gasteiger partial charge >= 0.3 is 20.3 Å². The van der Waals surface area contributed by atoms with Crippen molar-refractivity contribution in [2.24, 2.45) is 0 Å². The largest absolute Gasteiger partial charge is 0.492 e. The monoisotopic (exact) mass is 803 g/mol. The van der Waals surface area contributed by atoms with E-state index >= 15 is 0 Å². The highest BCUT2D eigenvalue weighted by Gasteiger charge is 2.61. The van der Waals surface area contributed by atoms with Gasteiger partial charge in [0.2, 0.25) is 12.2 Å². The minimum atomic E-state index is -5.64. The van der Waals surface area contributed by atoms with Crippen LogP contribution in [0.25, 0.3) is 0 Å². The van der Waals surface area contributed by atoms with Crippen molar-refractivity contribution in [3.8, 4) is 11.5 Å². The van der Waals surface area contributed by atoms with Crippen molar-refractivity contribution in [3.63, 3.8) is 0 Å². The molecule has 0 aliphatic carbocycles. The molecule has 8 N–H and O–H groups in total. The van der Waals surface area contributed by atoms with E-state index in [4.69, 9.17) is 18.9 Å². The molecule has 4 rings (SSSR count). The quantitative estimate of drug-likeness (QED) is 0.0378. The van der Waals surface area contributed by atoms with Crippen LogP contribution in [-0.4, -0.2) is 116 Å². The number of nitrogens with zero attached hydrogens (tertiary/aromatic N) is 2. The SMILES string of the molecule is O=C(CCOCCOCCNC(=O)COc1ccc2c(c1)OCC(c1ccc(F)cc1)C2=O)NCC(O)Cn1cc[n+](CC(O)(P(=O)(O)O)P(=O)(O)O)c1. The van der Waals surface area contributed by atoms with E-state index in [1.807, 2.05) is 0 Å². The summed E-state index contributed by atoms with van der Waals surface area (Å²) in [6.07, 6.45) is 2.55. The molecular weight excluding hydrogens is 761 g/mol. The Hall–Kier alpha value is -4.07. The average molecular weight is 804 g/mol. The Morgan fingerprint density at radius 1 is 1.00 bits per heavy atom. The van der Waals surface area contributed by atoms with Gasteiger partial charge in [0.25, 0.3) is 5.91 Å². The number of fused-ring (bicyclic) bond motifs is 1. The molecule has 1 aromatic heterocycles. The normalized spacial score (nSPS) is 15.2. The van der Waals surface area contributed by atoms with Crippen molar-refractivity contribution in [2.75, 3.05) is 52.7 Å². The minimum Gasteiger partial charge on any atom is -0.492 e. The number of rotatable bonds is 21. The zero-order valence-corrected chi connectivity index (χ0v) is 30.5. The molecule has 0 saturated heterocycles. The fourth-order valence-corrected chi connectivity index (χ4v) is 7.16. The summed E-state index contributed by atoms with van der Waals surface area (Å²) in [6.45, 7) is -0.757. The molecular formula is C32H42FN4O15P2+. The van der Waals surface area contributed by atoms with Crippen molar-refractivity contribution in [1.29, 1.82) is 0 Å². The number of imidazole rings is 1. The summed E-state index contributed by atoms with van der Waals surface area (Å²) in [5.41, 5.74) is 1.02. The second-order valence-electron chi connectivity index (χ2n) is 12.2. The maximum absolute atomic E-state index is 13.3. The van der Waals surface area contributed by atoms with Crippen LogP contribution in [0.2, 0.25) is 0 Å². The number of nitrogens with one attached hydrogen (secondary N) is 2. The number of ether oxygens (including phenoxy) is 4. The lowest BCUT2D eigenvalue weighted by Crippen LogP contribution is -2.46. The Bertz CT molecular complexity index is 1830. The first-order chi connectivity index (χ1) is 25.5. The number of aliphatic hydroxyl groups is 2. The van der Waals surface area contributed by atoms with Gasteiger partial charge in [-0.15, -0.1) is 0 Å². The summed E-state index contributed by atoms with van der Waals surface area (Å²) in [7, 11) is -11.3. The van der Waals surface area contributed by atoms with Gasteiger partial charge in [0.05, 0.1) is 37.9 Å². The maximum Gasteiger partial charge on any atom is 0.373 e. The standard InChI is InChI=1S/C32H41FN4O15P2/c33-23-3-1-22(2-4-23)27-18-52-28-15-25(5-6-26(28)31(27)41)51-19-30(40)34-8-12-50-14-13-49-11-7-29(39)35-16-24(38)17-36-9-10-37(21-36)20-32(42,53(43,44)45)54(46,47)48/h1-6,9-10,15,21,24,27,38,42H,7-8,11-14,16-20H2,(H5-,34,35,39,40,43,44,45,46,47,48)/p+1. The van der Waals surface area contributed by atoms with Gasteiger partial charge < -0.3 is 59.4 Å². The van der Waals surface area contributed by atoms with Crippen LogP contribution in [0, 0.1) is 5.82 Å². The second-order valence-corrected chi connectivity index (χ2v) is 16.2. The minimum absolute atomic E-state index is 0.0151. The number of hydrogen-bond donors (Lipinski definition) is 8. The highest BCUT2D eigenvalue weighted by Crippen LogP contribution is 2.67. The molecule has 2 amide bonds. The van der Waals surface area contributed by atoms with E-state index in [0.29, 0.717) is 22.6 Å². The van der Waals surface area contributed by atoms with Crippen LogP contribution in [0.1, 0.15) is 28.3 Å². The zero-order chi connectivity index (χ0) is 39.5. The van der Waals surface area contributed by atoms with E-state index in [1.165, 1.54) is 35.2 Å². The number of carbonyl (C=O) groups is 3. The Morgan fingerprint density at radius 3 is 2.37 bits per heavy atom. The van der Waals surface area contributed by atoms with Crippen LogP contribution in [0.4, 0.5) is 4.39 Å². The smallest absolute Gasteiger partial charge is 0.373 e. The van der Waals surface area contributed by atoms with Crippen LogP contribution in [-0.2, 0) is 41.3 Å². The lowest BCUT2D eigenvalue weighted by Gasteiger charge is -2.27. The van der Waals surface area contributed by atoms with Crippen molar-refractivity contribution in [2.45, 2.75) is 36.6 Å². The van der Waals surface area contributed by atoms with E-state index in [9.17, 15) is 57.7 Å². The number of Topliss-reactive ketones (excluding diaryl/α,β-unsaturated/α-hetero) is 1. The Balaban J connectivity index is 1.02. The summed E-state index contributed by atoms with van der Waals surface area (Å²) >= 11 is 0. The van der Waals surface area contributed by atoms with Gasteiger partial charge in [-0.3, -0.25) is 23.5 Å². The van der Waals surface area contributed by atoms with Crippen molar-refractivity contribution in [3.05, 3.63) is 78.1 Å². The summed E-state index contributed by atoms with van der Waals surface area (Å²) < 4.78 is 60.6. The Kier molecular flexibility index (Phi) is 15.0. The first kappa shape index (κ1) is 42.7. The molecule has 1 aliphatic heterocycles. The Morgan fingerprint density at radius 2 is 1.69 bits per heavy atom. The van der Waals surface area contributed by atoms with Gasteiger partial charge in [-0.2, -0.15) is 0 Å². The molecule has 0 radical (unpaired) electrons. The molecule has 0 saturated carbocycles. The van der Waals surface area contributed by atoms with Crippen molar-refractivity contribution in [1.82, 2.24) is 15.2 Å². The third kappa shape index (κ3) is 12.0. The molecule has 0 spiro atoms. The highest BCUT2D eigenvalue weighted by molar-refractivity contribution is 7.72. The van der Waals surface area contributed by atoms with Gasteiger partial charge in [0, 0.05) is 25.6 Å². The van der Waals surface area contributed by atoms with Crippen LogP contribution in [0.5, 0.6) is 11.5 Å². The molecule has 3 aromatic rings. The van der Waals surface area contributed by atoms with Crippen molar-refractivity contribution < 1.29 is 81.2 Å². The number of aliphatic hydroxyl groups excluding tert-OH is 1. The van der Waals surface area contributed by atoms with Gasteiger partial charge in [-0.05, 0) is 29.8 Å². The van der Waals surface area contributed by atoms with E-state index in [2.05, 4.69) is 10.6 Å². The van der Waals surface area contributed by atoms with Crippen LogP contribution in [0.15, 0.2) is 61.2 Å². The number of ketones is 1. The molecule has 22 heteroatoms. The molecule has 2 heterocycles. The summed E-state index contributed by atoms with van der Waals surface area (Å²) in [4.78, 5) is 74.3. The first-order valence-corrected chi connectivity index (χ1v) is 19.6. The zero-order valence-electron chi connectivity index (χ0n) is 28.7. The second kappa shape index (κ2) is 19.0. The molecule has 0 fully saturated rings. The number of halogens is 1. The summed E-state index contributed by atoms with van der Waals surface area (Å²) in [5.74, 6) is -1.25. The number of carbonyl (C=O) groups excluding carboxylic acids is 3. The van der Waals surface area contributed by atoms with E-state index in [-0.39, 0.29) is 71.5 Å². The fourth-order valence-electron chi connectivity index (χ4n) is 5.11. The molecule has 54 heavy (non-hydrogen) atoms. The van der Waals surface area contributed by atoms with E-state index < -0.39 is 56.5 Å². The van der Waals surface area contributed by atoms with Crippen LogP contribution in [0.3, 0.4) is 0 Å². The molecule has 1 aliphatic rings. The Labute approximate surface area is 307 Å². The van der Waals surface area contributed by atoms with Crippen molar-refractivity contribution >= 4 is 32.8 Å². The summed E-state index contributed by atoms with van der Waals surface area (Å²) in [5, 5.41) is 21.8.